The minimum Gasteiger partial charge on any atom is -0.481 e. The van der Waals surface area contributed by atoms with E-state index in [4.69, 9.17) is 5.11 Å². The van der Waals surface area contributed by atoms with E-state index < -0.39 is 11.5 Å². The van der Waals surface area contributed by atoms with Crippen LogP contribution in [0.1, 0.15) is 58.8 Å². The van der Waals surface area contributed by atoms with Crippen molar-refractivity contribution in [2.24, 2.45) is 5.92 Å². The number of likely N-dealkylation sites (tertiary alicyclic amines) is 1. The van der Waals surface area contributed by atoms with Crippen LogP contribution in [0.2, 0.25) is 0 Å². The van der Waals surface area contributed by atoms with E-state index >= 15 is 0 Å². The molecule has 2 aliphatic rings. The first-order valence-corrected chi connectivity index (χ1v) is 7.72. The van der Waals surface area contributed by atoms with E-state index in [0.29, 0.717) is 5.92 Å². The smallest absolute Gasteiger partial charge is 0.318 e. The molecule has 2 N–H and O–H groups in total. The van der Waals surface area contributed by atoms with Crippen molar-refractivity contribution in [2.45, 2.75) is 70.4 Å². The highest BCUT2D eigenvalue weighted by atomic mass is 16.4. The quantitative estimate of drug-likeness (QED) is 0.836. The number of urea groups is 1. The summed E-state index contributed by atoms with van der Waals surface area (Å²) in [6, 6.07) is 0.168. The van der Waals surface area contributed by atoms with Crippen LogP contribution in [-0.4, -0.2) is 40.1 Å². The number of hydrogen-bond acceptors (Lipinski definition) is 2. The van der Waals surface area contributed by atoms with E-state index in [-0.39, 0.29) is 18.5 Å². The third-order valence-corrected chi connectivity index (χ3v) is 4.80. The summed E-state index contributed by atoms with van der Waals surface area (Å²) in [7, 11) is 0. The topological polar surface area (TPSA) is 69.6 Å². The Labute approximate surface area is 120 Å². The zero-order chi connectivity index (χ0) is 14.8. The van der Waals surface area contributed by atoms with Gasteiger partial charge in [-0.2, -0.15) is 0 Å². The lowest BCUT2D eigenvalue weighted by atomic mass is 9.92. The van der Waals surface area contributed by atoms with Gasteiger partial charge in [0.05, 0.1) is 12.0 Å². The van der Waals surface area contributed by atoms with Crippen molar-refractivity contribution in [2.75, 3.05) is 6.54 Å². The molecule has 2 atom stereocenters. The fourth-order valence-corrected chi connectivity index (χ4v) is 3.56. The average molecular weight is 282 g/mol. The fraction of sp³-hybridized carbons (Fsp3) is 0.867. The van der Waals surface area contributed by atoms with Crippen LogP contribution in [-0.2, 0) is 4.79 Å². The summed E-state index contributed by atoms with van der Waals surface area (Å²) in [5, 5.41) is 12.1. The molecule has 1 aliphatic heterocycles. The van der Waals surface area contributed by atoms with Gasteiger partial charge in [-0.25, -0.2) is 4.79 Å². The predicted octanol–water partition coefficient (Wildman–Crippen LogP) is 2.60. The molecule has 1 saturated carbocycles. The van der Waals surface area contributed by atoms with Gasteiger partial charge in [0.15, 0.2) is 0 Å². The van der Waals surface area contributed by atoms with E-state index in [1.54, 1.807) is 0 Å². The van der Waals surface area contributed by atoms with Gasteiger partial charge in [0, 0.05) is 12.6 Å². The normalized spacial score (nSPS) is 29.2. The average Bonchev–Trinajstić information content (AvgIpc) is 2.79. The van der Waals surface area contributed by atoms with E-state index in [9.17, 15) is 9.59 Å². The lowest BCUT2D eigenvalue weighted by molar-refractivity contribution is -0.138. The lowest BCUT2D eigenvalue weighted by Gasteiger charge is -2.39. The van der Waals surface area contributed by atoms with Crippen molar-refractivity contribution in [1.29, 1.82) is 0 Å². The van der Waals surface area contributed by atoms with Gasteiger partial charge >= 0.3 is 12.0 Å². The first-order valence-electron chi connectivity index (χ1n) is 7.72. The maximum atomic E-state index is 12.5. The zero-order valence-corrected chi connectivity index (χ0v) is 12.5. The lowest BCUT2D eigenvalue weighted by Crippen LogP contribution is -2.56. The van der Waals surface area contributed by atoms with Crippen molar-refractivity contribution in [1.82, 2.24) is 10.2 Å². The molecule has 1 heterocycles. The van der Waals surface area contributed by atoms with E-state index in [1.807, 2.05) is 4.90 Å². The first kappa shape index (κ1) is 15.1. The number of nitrogens with one attached hydrogen (secondary N) is 1. The molecule has 20 heavy (non-hydrogen) atoms. The predicted molar refractivity (Wildman–Crippen MR) is 76.5 cm³/mol. The second-order valence-electron chi connectivity index (χ2n) is 6.67. The molecule has 2 unspecified atom stereocenters. The number of carboxylic acids is 1. The highest BCUT2D eigenvalue weighted by molar-refractivity contribution is 5.77. The molecule has 1 aliphatic carbocycles. The van der Waals surface area contributed by atoms with E-state index in [2.05, 4.69) is 19.2 Å². The third-order valence-electron chi connectivity index (χ3n) is 4.80. The number of amides is 2. The summed E-state index contributed by atoms with van der Waals surface area (Å²) in [6.07, 6.45) is 5.78. The highest BCUT2D eigenvalue weighted by Gasteiger charge is 2.39. The molecule has 2 amide bonds. The minimum atomic E-state index is -0.827. The molecule has 2 rings (SSSR count). The summed E-state index contributed by atoms with van der Waals surface area (Å²) >= 11 is 0. The SMILES string of the molecule is CC1CCC(C)N(C(=O)NC2(CC(=O)O)CCCC2)C1. The maximum Gasteiger partial charge on any atom is 0.318 e. The Morgan fingerprint density at radius 1 is 1.25 bits per heavy atom. The monoisotopic (exact) mass is 282 g/mol. The van der Waals surface area contributed by atoms with Gasteiger partial charge in [0.1, 0.15) is 0 Å². The molecule has 5 heteroatoms. The first-order chi connectivity index (χ1) is 9.42. The summed E-state index contributed by atoms with van der Waals surface area (Å²) < 4.78 is 0. The van der Waals surface area contributed by atoms with Crippen LogP contribution < -0.4 is 5.32 Å². The van der Waals surface area contributed by atoms with Gasteiger partial charge in [0.2, 0.25) is 0 Å². The Kier molecular flexibility index (Phi) is 4.55. The maximum absolute atomic E-state index is 12.5. The standard InChI is InChI=1S/C15H26N2O3/c1-11-5-6-12(2)17(10-11)14(20)16-15(9-13(18)19)7-3-4-8-15/h11-12H,3-10H2,1-2H3,(H,16,20)(H,18,19). The van der Waals surface area contributed by atoms with Gasteiger partial charge in [-0.3, -0.25) is 4.79 Å². The number of nitrogens with zero attached hydrogens (tertiary/aromatic N) is 1. The van der Waals surface area contributed by atoms with Crippen LogP contribution in [0.15, 0.2) is 0 Å². The van der Waals surface area contributed by atoms with Gasteiger partial charge in [-0.05, 0) is 38.5 Å². The summed E-state index contributed by atoms with van der Waals surface area (Å²) in [5.74, 6) is -0.303. The van der Waals surface area contributed by atoms with Gasteiger partial charge in [-0.1, -0.05) is 19.8 Å². The second-order valence-corrected chi connectivity index (χ2v) is 6.67. The number of rotatable bonds is 3. The summed E-state index contributed by atoms with van der Waals surface area (Å²) in [4.78, 5) is 25.5. The van der Waals surface area contributed by atoms with Crippen molar-refractivity contribution in [3.05, 3.63) is 0 Å². The Balaban J connectivity index is 2.02. The molecular formula is C15H26N2O3. The molecule has 2 fully saturated rings. The molecule has 0 aromatic carbocycles. The molecule has 0 aromatic rings. The minimum absolute atomic E-state index is 0.0382. The molecular weight excluding hydrogens is 256 g/mol. The van der Waals surface area contributed by atoms with Gasteiger partial charge < -0.3 is 15.3 Å². The number of aliphatic carboxylic acids is 1. The Morgan fingerprint density at radius 2 is 1.90 bits per heavy atom. The van der Waals surface area contributed by atoms with Crippen LogP contribution >= 0.6 is 0 Å². The zero-order valence-electron chi connectivity index (χ0n) is 12.5. The van der Waals surface area contributed by atoms with Gasteiger partial charge in [-0.15, -0.1) is 0 Å². The molecule has 5 nitrogen and oxygen atoms in total. The summed E-state index contributed by atoms with van der Waals surface area (Å²) in [6.45, 7) is 5.01. The van der Waals surface area contributed by atoms with Crippen LogP contribution in [0.4, 0.5) is 4.79 Å². The number of piperidine rings is 1. The second kappa shape index (κ2) is 6.02. The molecule has 0 radical (unpaired) electrons. The van der Waals surface area contributed by atoms with E-state index in [1.165, 1.54) is 0 Å². The van der Waals surface area contributed by atoms with E-state index in [0.717, 1.165) is 45.1 Å². The number of carbonyl (C=O) groups excluding carboxylic acids is 1. The molecule has 0 aromatic heterocycles. The van der Waals surface area contributed by atoms with Crippen LogP contribution in [0, 0.1) is 5.92 Å². The molecule has 0 bridgehead atoms. The molecule has 114 valence electrons. The summed E-state index contributed by atoms with van der Waals surface area (Å²) in [5.41, 5.74) is -0.524. The van der Waals surface area contributed by atoms with Gasteiger partial charge in [0.25, 0.3) is 0 Å². The fourth-order valence-electron chi connectivity index (χ4n) is 3.56. The van der Waals surface area contributed by atoms with Crippen LogP contribution in [0.3, 0.4) is 0 Å². The van der Waals surface area contributed by atoms with Crippen molar-refractivity contribution in [3.8, 4) is 0 Å². The third kappa shape index (κ3) is 3.44. The number of carboxylic acid groups (broad SMARTS) is 1. The molecule has 0 spiro atoms. The Bertz CT molecular complexity index is 377. The van der Waals surface area contributed by atoms with Crippen LogP contribution in [0.25, 0.3) is 0 Å². The number of carbonyl (C=O) groups is 2. The van der Waals surface area contributed by atoms with Crippen molar-refractivity contribution < 1.29 is 14.7 Å². The van der Waals surface area contributed by atoms with Crippen molar-refractivity contribution in [3.63, 3.8) is 0 Å². The number of hydrogen-bond donors (Lipinski definition) is 2. The van der Waals surface area contributed by atoms with Crippen molar-refractivity contribution >= 4 is 12.0 Å². The Hall–Kier alpha value is -1.26. The Morgan fingerprint density at radius 3 is 2.50 bits per heavy atom. The molecule has 1 saturated heterocycles. The highest BCUT2D eigenvalue weighted by Crippen LogP contribution is 2.33. The largest absolute Gasteiger partial charge is 0.481 e. The van der Waals surface area contributed by atoms with Crippen LogP contribution in [0.5, 0.6) is 0 Å².